The van der Waals surface area contributed by atoms with Gasteiger partial charge in [0.15, 0.2) is 0 Å². The predicted molar refractivity (Wildman–Crippen MR) is 94.3 cm³/mol. The van der Waals surface area contributed by atoms with Gasteiger partial charge in [-0.15, -0.1) is 0 Å². The van der Waals surface area contributed by atoms with Gasteiger partial charge >= 0.3 is 0 Å². The van der Waals surface area contributed by atoms with Crippen LogP contribution in [0.15, 0.2) is 18.2 Å². The number of rotatable bonds is 4. The summed E-state index contributed by atoms with van der Waals surface area (Å²) in [7, 11) is 0. The highest BCUT2D eigenvalue weighted by molar-refractivity contribution is 5.55. The summed E-state index contributed by atoms with van der Waals surface area (Å²) >= 11 is 0. The number of hydrogen-bond donors (Lipinski definition) is 1. The fourth-order valence-corrected chi connectivity index (χ4v) is 3.50. The Morgan fingerprint density at radius 2 is 1.76 bits per heavy atom. The number of benzene rings is 1. The maximum Gasteiger partial charge on any atom is 0.0377 e. The van der Waals surface area contributed by atoms with Crippen molar-refractivity contribution < 1.29 is 0 Å². The minimum Gasteiger partial charge on any atom is -0.382 e. The van der Waals surface area contributed by atoms with Crippen LogP contribution in [0, 0.1) is 5.41 Å². The van der Waals surface area contributed by atoms with E-state index in [0.29, 0.717) is 23.3 Å². The summed E-state index contributed by atoms with van der Waals surface area (Å²) in [4.78, 5) is 0. The first-order valence-corrected chi connectivity index (χ1v) is 8.71. The molecule has 0 saturated heterocycles. The zero-order valence-corrected chi connectivity index (χ0v) is 14.8. The quantitative estimate of drug-likeness (QED) is 0.683. The first-order chi connectivity index (χ1) is 9.81. The van der Waals surface area contributed by atoms with E-state index in [2.05, 4.69) is 65.1 Å². The van der Waals surface area contributed by atoms with Crippen molar-refractivity contribution in [3.8, 4) is 0 Å². The van der Waals surface area contributed by atoms with Gasteiger partial charge in [-0.1, -0.05) is 66.5 Å². The van der Waals surface area contributed by atoms with E-state index in [9.17, 15) is 0 Å². The van der Waals surface area contributed by atoms with E-state index >= 15 is 0 Å². The molecule has 0 aromatic heterocycles. The topological polar surface area (TPSA) is 12.0 Å². The highest BCUT2D eigenvalue weighted by Gasteiger charge is 2.32. The molecule has 0 bridgehead atoms. The Balaban J connectivity index is 2.26. The summed E-state index contributed by atoms with van der Waals surface area (Å²) in [5.41, 5.74) is 4.69. The summed E-state index contributed by atoms with van der Waals surface area (Å²) in [6, 6.07) is 7.63. The maximum atomic E-state index is 3.89. The van der Waals surface area contributed by atoms with Crippen molar-refractivity contribution in [1.82, 2.24) is 0 Å². The molecule has 1 nitrogen and oxygen atoms in total. The normalized spacial score (nSPS) is 21.8. The molecule has 0 spiro atoms. The van der Waals surface area contributed by atoms with Gasteiger partial charge in [0.05, 0.1) is 0 Å². The number of nitrogens with one attached hydrogen (secondary N) is 1. The molecular formula is C20H33N. The van der Waals surface area contributed by atoms with Crippen molar-refractivity contribution in [3.63, 3.8) is 0 Å². The fraction of sp³-hybridized carbons (Fsp3) is 0.700. The lowest BCUT2D eigenvalue weighted by molar-refractivity contribution is 0.217. The molecule has 118 valence electrons. The highest BCUT2D eigenvalue weighted by atomic mass is 14.9. The Hall–Kier alpha value is -0.980. The molecule has 1 atom stereocenters. The van der Waals surface area contributed by atoms with E-state index in [1.165, 1.54) is 42.5 Å². The number of hydrogen-bond acceptors (Lipinski definition) is 1. The first kappa shape index (κ1) is 16.4. The summed E-state index contributed by atoms with van der Waals surface area (Å²) < 4.78 is 0. The summed E-state index contributed by atoms with van der Waals surface area (Å²) in [6.45, 7) is 14.0. The summed E-state index contributed by atoms with van der Waals surface area (Å²) in [6.07, 6.45) is 5.39. The van der Waals surface area contributed by atoms with Crippen LogP contribution in [0.4, 0.5) is 5.69 Å². The minimum absolute atomic E-state index is 0.406. The molecule has 1 aliphatic carbocycles. The van der Waals surface area contributed by atoms with Crippen molar-refractivity contribution in [2.24, 2.45) is 5.41 Å². The molecule has 1 aromatic carbocycles. The van der Waals surface area contributed by atoms with Gasteiger partial charge in [0.2, 0.25) is 0 Å². The van der Waals surface area contributed by atoms with E-state index in [0.717, 1.165) is 0 Å². The van der Waals surface area contributed by atoms with Gasteiger partial charge in [0.25, 0.3) is 0 Å². The van der Waals surface area contributed by atoms with Crippen molar-refractivity contribution in [2.75, 3.05) is 5.32 Å². The van der Waals surface area contributed by atoms with Gasteiger partial charge in [-0.05, 0) is 47.3 Å². The molecule has 1 saturated carbocycles. The smallest absolute Gasteiger partial charge is 0.0377 e. The molecule has 0 radical (unpaired) electrons. The second kappa shape index (κ2) is 6.42. The van der Waals surface area contributed by atoms with Crippen molar-refractivity contribution in [1.29, 1.82) is 0 Å². The largest absolute Gasteiger partial charge is 0.382 e. The molecule has 1 heteroatoms. The van der Waals surface area contributed by atoms with Gasteiger partial charge < -0.3 is 5.32 Å². The highest BCUT2D eigenvalue weighted by Crippen LogP contribution is 2.38. The Labute approximate surface area is 131 Å². The number of anilines is 1. The Morgan fingerprint density at radius 3 is 2.33 bits per heavy atom. The van der Waals surface area contributed by atoms with E-state index < -0.39 is 0 Å². The van der Waals surface area contributed by atoms with Crippen LogP contribution >= 0.6 is 0 Å². The van der Waals surface area contributed by atoms with Crippen LogP contribution in [0.25, 0.3) is 0 Å². The van der Waals surface area contributed by atoms with Crippen LogP contribution in [0.1, 0.15) is 90.2 Å². The molecule has 1 unspecified atom stereocenters. The molecule has 2 rings (SSSR count). The van der Waals surface area contributed by atoms with Crippen LogP contribution in [-0.4, -0.2) is 6.04 Å². The molecule has 1 aliphatic rings. The van der Waals surface area contributed by atoms with E-state index in [-0.39, 0.29) is 0 Å². The average Bonchev–Trinajstić information content (AvgIpc) is 2.41. The van der Waals surface area contributed by atoms with Gasteiger partial charge in [-0.25, -0.2) is 0 Å². The third-order valence-electron chi connectivity index (χ3n) is 5.20. The molecule has 1 aromatic rings. The third-order valence-corrected chi connectivity index (χ3v) is 5.20. The monoisotopic (exact) mass is 287 g/mol. The average molecular weight is 287 g/mol. The molecule has 1 fully saturated rings. The van der Waals surface area contributed by atoms with Crippen LogP contribution in [0.2, 0.25) is 0 Å². The minimum atomic E-state index is 0.406. The molecule has 0 amide bonds. The Morgan fingerprint density at radius 1 is 1.05 bits per heavy atom. The maximum absolute atomic E-state index is 3.89. The zero-order chi connectivity index (χ0) is 15.6. The van der Waals surface area contributed by atoms with Gasteiger partial charge in [0.1, 0.15) is 0 Å². The van der Waals surface area contributed by atoms with E-state index in [4.69, 9.17) is 0 Å². The lowest BCUT2D eigenvalue weighted by Crippen LogP contribution is -2.39. The van der Waals surface area contributed by atoms with Crippen molar-refractivity contribution >= 4 is 5.69 Å². The molecule has 21 heavy (non-hydrogen) atoms. The summed E-state index contributed by atoms with van der Waals surface area (Å²) in [5, 5.41) is 3.89. The van der Waals surface area contributed by atoms with E-state index in [1.807, 2.05) is 0 Å². The Bertz CT molecular complexity index is 471. The second-order valence-corrected chi connectivity index (χ2v) is 8.09. The molecule has 1 N–H and O–H groups in total. The lowest BCUT2D eigenvalue weighted by atomic mass is 9.73. The van der Waals surface area contributed by atoms with Crippen LogP contribution in [0.5, 0.6) is 0 Å². The van der Waals surface area contributed by atoms with Crippen LogP contribution in [-0.2, 0) is 0 Å². The van der Waals surface area contributed by atoms with Gasteiger partial charge in [0, 0.05) is 11.7 Å². The van der Waals surface area contributed by atoms with Crippen LogP contribution in [0.3, 0.4) is 0 Å². The van der Waals surface area contributed by atoms with Crippen LogP contribution < -0.4 is 5.32 Å². The third kappa shape index (κ3) is 3.81. The zero-order valence-electron chi connectivity index (χ0n) is 14.8. The molecular weight excluding hydrogens is 254 g/mol. The lowest BCUT2D eigenvalue weighted by Gasteiger charge is -2.40. The molecule has 0 heterocycles. The van der Waals surface area contributed by atoms with E-state index in [1.54, 1.807) is 0 Å². The van der Waals surface area contributed by atoms with Crippen molar-refractivity contribution in [2.45, 2.75) is 85.1 Å². The predicted octanol–water partition coefficient (Wildman–Crippen LogP) is 6.31. The van der Waals surface area contributed by atoms with Crippen molar-refractivity contribution in [3.05, 3.63) is 29.3 Å². The van der Waals surface area contributed by atoms with Gasteiger partial charge in [-0.2, -0.15) is 0 Å². The Kier molecular flexibility index (Phi) is 5.01. The standard InChI is InChI=1S/C20H33N/c1-14(2)16-10-11-18(17(13-16)15(3)4)21-19-9-7-8-12-20(19,5)6/h10-11,13-15,19,21H,7-9,12H2,1-6H3. The SMILES string of the molecule is CC(C)c1ccc(NC2CCCCC2(C)C)c(C(C)C)c1. The van der Waals surface area contributed by atoms with Gasteiger partial charge in [-0.3, -0.25) is 0 Å². The second-order valence-electron chi connectivity index (χ2n) is 8.09. The molecule has 0 aliphatic heterocycles. The first-order valence-electron chi connectivity index (χ1n) is 8.71. The summed E-state index contributed by atoms with van der Waals surface area (Å²) in [5.74, 6) is 1.17. The fourth-order valence-electron chi connectivity index (χ4n) is 3.50.